The second-order valence-corrected chi connectivity index (χ2v) is 5.16. The Kier molecular flexibility index (Phi) is 6.22. The maximum Gasteiger partial charge on any atom is -0.0283 e. The summed E-state index contributed by atoms with van der Waals surface area (Å²) in [4.78, 5) is 0. The van der Waals surface area contributed by atoms with Crippen LogP contribution in [0.15, 0.2) is 34.9 Å². The molecule has 16 heavy (non-hydrogen) atoms. The molecule has 0 radical (unpaired) electrons. The predicted molar refractivity (Wildman–Crippen MR) is 73.6 cm³/mol. The fourth-order valence-corrected chi connectivity index (χ4v) is 1.74. The highest BCUT2D eigenvalue weighted by atomic mass is 14.1. The molecule has 1 saturated carbocycles. The molecule has 0 N–H and O–H groups in total. The lowest BCUT2D eigenvalue weighted by molar-refractivity contribution is 0.845. The minimum absolute atomic E-state index is 1.23. The molecule has 0 nitrogen and oxygen atoms in total. The maximum atomic E-state index is 2.43. The molecule has 0 unspecified atom stereocenters. The van der Waals surface area contributed by atoms with Crippen molar-refractivity contribution in [3.8, 4) is 0 Å². The van der Waals surface area contributed by atoms with E-state index in [1.54, 1.807) is 11.1 Å². The molecule has 0 amide bonds. The average Bonchev–Trinajstić information content (AvgIpc) is 3.00. The van der Waals surface area contributed by atoms with Crippen molar-refractivity contribution in [1.82, 2.24) is 0 Å². The first-order chi connectivity index (χ1) is 7.68. The highest BCUT2D eigenvalue weighted by Gasteiger charge is 2.08. The third-order valence-corrected chi connectivity index (χ3v) is 2.96. The molecule has 0 aliphatic heterocycles. The van der Waals surface area contributed by atoms with Gasteiger partial charge in [0.25, 0.3) is 0 Å². The van der Waals surface area contributed by atoms with Crippen molar-refractivity contribution in [2.24, 2.45) is 0 Å². The molecule has 1 aliphatic carbocycles. The first kappa shape index (κ1) is 13.3. The summed E-state index contributed by atoms with van der Waals surface area (Å²) in [6.45, 7) is 6.62. The minimum atomic E-state index is 1.23. The third kappa shape index (κ3) is 7.50. The van der Waals surface area contributed by atoms with Gasteiger partial charge in [0.05, 0.1) is 0 Å². The quantitative estimate of drug-likeness (QED) is 0.387. The Hall–Kier alpha value is -0.780. The Morgan fingerprint density at radius 3 is 2.31 bits per heavy atom. The van der Waals surface area contributed by atoms with Crippen LogP contribution in [0.3, 0.4) is 0 Å². The normalized spacial score (nSPS) is 14.9. The first-order valence-electron chi connectivity index (χ1n) is 6.65. The number of unbranched alkanes of at least 4 members (excludes halogenated alkanes) is 2. The summed E-state index contributed by atoms with van der Waals surface area (Å²) in [5, 5.41) is 0. The Morgan fingerprint density at radius 2 is 1.69 bits per heavy atom. The van der Waals surface area contributed by atoms with Crippen LogP contribution in [0.1, 0.15) is 65.7 Å². The Balaban J connectivity index is 2.03. The van der Waals surface area contributed by atoms with E-state index in [1.165, 1.54) is 50.5 Å². The maximum absolute atomic E-state index is 2.43. The van der Waals surface area contributed by atoms with E-state index >= 15 is 0 Å². The monoisotopic (exact) mass is 218 g/mol. The summed E-state index contributed by atoms with van der Waals surface area (Å²) in [5.41, 5.74) is 4.68. The van der Waals surface area contributed by atoms with Crippen molar-refractivity contribution >= 4 is 0 Å². The van der Waals surface area contributed by atoms with E-state index in [1.807, 2.05) is 0 Å². The van der Waals surface area contributed by atoms with E-state index in [9.17, 15) is 0 Å². The van der Waals surface area contributed by atoms with Gasteiger partial charge in [0, 0.05) is 0 Å². The molecule has 0 aromatic rings. The van der Waals surface area contributed by atoms with Gasteiger partial charge in [0.2, 0.25) is 0 Å². The molecule has 0 saturated heterocycles. The molecule has 0 spiro atoms. The first-order valence-corrected chi connectivity index (χ1v) is 6.65. The number of hydrogen-bond donors (Lipinski definition) is 0. The van der Waals surface area contributed by atoms with Crippen molar-refractivity contribution in [2.75, 3.05) is 0 Å². The van der Waals surface area contributed by atoms with Crippen LogP contribution >= 0.6 is 0 Å². The summed E-state index contributed by atoms with van der Waals surface area (Å²) in [6, 6.07) is 0. The van der Waals surface area contributed by atoms with Crippen molar-refractivity contribution < 1.29 is 0 Å². The van der Waals surface area contributed by atoms with E-state index in [2.05, 4.69) is 39.0 Å². The molecule has 0 heterocycles. The summed E-state index contributed by atoms with van der Waals surface area (Å²) in [7, 11) is 0. The second-order valence-electron chi connectivity index (χ2n) is 5.16. The van der Waals surface area contributed by atoms with Gasteiger partial charge >= 0.3 is 0 Å². The minimum Gasteiger partial charge on any atom is -0.0859 e. The molecule has 1 aliphatic rings. The molecule has 1 rings (SSSR count). The summed E-state index contributed by atoms with van der Waals surface area (Å²) < 4.78 is 0. The number of rotatable bonds is 7. The molecule has 0 heteroatoms. The average molecular weight is 218 g/mol. The van der Waals surface area contributed by atoms with Crippen LogP contribution in [0.5, 0.6) is 0 Å². The lowest BCUT2D eigenvalue weighted by atomic mass is 10.1. The Morgan fingerprint density at radius 1 is 1.00 bits per heavy atom. The lowest BCUT2D eigenvalue weighted by Gasteiger charge is -1.98. The van der Waals surface area contributed by atoms with Crippen molar-refractivity contribution in [1.29, 1.82) is 0 Å². The van der Waals surface area contributed by atoms with Crippen LogP contribution in [-0.4, -0.2) is 0 Å². The summed E-state index contributed by atoms with van der Waals surface area (Å²) in [5.74, 6) is 0. The topological polar surface area (TPSA) is 0 Å². The van der Waals surface area contributed by atoms with E-state index in [-0.39, 0.29) is 0 Å². The van der Waals surface area contributed by atoms with Crippen LogP contribution < -0.4 is 0 Å². The zero-order chi connectivity index (χ0) is 11.8. The molecule has 90 valence electrons. The lowest BCUT2D eigenvalue weighted by Crippen LogP contribution is -1.78. The smallest absolute Gasteiger partial charge is 0.0283 e. The van der Waals surface area contributed by atoms with E-state index < -0.39 is 0 Å². The van der Waals surface area contributed by atoms with Gasteiger partial charge in [-0.1, -0.05) is 34.9 Å². The summed E-state index contributed by atoms with van der Waals surface area (Å²) >= 11 is 0. The number of hydrogen-bond acceptors (Lipinski definition) is 0. The predicted octanol–water partition coefficient (Wildman–Crippen LogP) is 5.57. The Labute approximate surface area is 101 Å². The fourth-order valence-electron chi connectivity index (χ4n) is 1.74. The molecule has 0 bridgehead atoms. The van der Waals surface area contributed by atoms with Gasteiger partial charge in [0.1, 0.15) is 0 Å². The van der Waals surface area contributed by atoms with E-state index in [0.29, 0.717) is 0 Å². The van der Waals surface area contributed by atoms with Gasteiger partial charge in [-0.05, 0) is 65.7 Å². The van der Waals surface area contributed by atoms with Crippen LogP contribution in [0.25, 0.3) is 0 Å². The van der Waals surface area contributed by atoms with Crippen LogP contribution in [0, 0.1) is 0 Å². The zero-order valence-corrected chi connectivity index (χ0v) is 11.2. The zero-order valence-electron chi connectivity index (χ0n) is 11.2. The van der Waals surface area contributed by atoms with Gasteiger partial charge < -0.3 is 0 Å². The van der Waals surface area contributed by atoms with Crippen LogP contribution in [0.4, 0.5) is 0 Å². The van der Waals surface area contributed by atoms with Crippen molar-refractivity contribution in [3.63, 3.8) is 0 Å². The summed E-state index contributed by atoms with van der Waals surface area (Å²) in [6.07, 6.45) is 16.2. The van der Waals surface area contributed by atoms with Crippen molar-refractivity contribution in [2.45, 2.75) is 65.7 Å². The van der Waals surface area contributed by atoms with E-state index in [4.69, 9.17) is 0 Å². The number of allylic oxidation sites excluding steroid dienone is 6. The van der Waals surface area contributed by atoms with Gasteiger partial charge in [-0.15, -0.1) is 0 Å². The highest BCUT2D eigenvalue weighted by molar-refractivity contribution is 5.16. The van der Waals surface area contributed by atoms with Gasteiger partial charge in [-0.3, -0.25) is 0 Å². The fraction of sp³-hybridized carbons (Fsp3) is 0.625. The largest absolute Gasteiger partial charge is 0.0859 e. The SMILES string of the molecule is CC(C)=CCCC/C=C(\C)CCC=C1CC1. The van der Waals surface area contributed by atoms with Gasteiger partial charge in [0.15, 0.2) is 0 Å². The van der Waals surface area contributed by atoms with Crippen molar-refractivity contribution in [3.05, 3.63) is 34.9 Å². The third-order valence-electron chi connectivity index (χ3n) is 2.96. The van der Waals surface area contributed by atoms with Crippen LogP contribution in [-0.2, 0) is 0 Å². The molecule has 0 atom stereocenters. The second kappa shape index (κ2) is 7.49. The Bertz CT molecular complexity index is 279. The molecule has 0 aromatic carbocycles. The molecular formula is C16H26. The molecule has 0 aromatic heterocycles. The van der Waals surface area contributed by atoms with Gasteiger partial charge in [-0.2, -0.15) is 0 Å². The standard InChI is InChI=1S/C16H26/c1-14(2)8-5-4-6-9-15(3)10-7-11-16-12-13-16/h8-9,11H,4-7,10,12-13H2,1-3H3/b15-9+. The molecular weight excluding hydrogens is 192 g/mol. The van der Waals surface area contributed by atoms with Crippen LogP contribution in [0.2, 0.25) is 0 Å². The molecule has 1 fully saturated rings. The van der Waals surface area contributed by atoms with Gasteiger partial charge in [-0.25, -0.2) is 0 Å². The van der Waals surface area contributed by atoms with E-state index in [0.717, 1.165) is 0 Å². The highest BCUT2D eigenvalue weighted by Crippen LogP contribution is 2.28.